The average Bonchev–Trinajstić information content (AvgIpc) is 2.87. The van der Waals surface area contributed by atoms with Gasteiger partial charge in [0, 0.05) is 29.4 Å². The van der Waals surface area contributed by atoms with Crippen LogP contribution < -0.4 is 5.56 Å². The average molecular weight is 277 g/mol. The Bertz CT molecular complexity index is 1090. The van der Waals surface area contributed by atoms with Crippen LogP contribution >= 0.6 is 0 Å². The van der Waals surface area contributed by atoms with Crippen LogP contribution in [0.25, 0.3) is 32.6 Å². The SMILES string of the molecule is Cc1c2nc3ccccc3c2c(C)c2c[nH]n(C)c(=O)c12. The summed E-state index contributed by atoms with van der Waals surface area (Å²) in [4.78, 5) is 17.2. The van der Waals surface area contributed by atoms with Crippen molar-refractivity contribution in [2.75, 3.05) is 0 Å². The molecule has 0 amide bonds. The van der Waals surface area contributed by atoms with Crippen molar-refractivity contribution in [1.29, 1.82) is 0 Å². The largest absolute Gasteiger partial charge is 0.303 e. The molecule has 0 bridgehead atoms. The molecule has 1 N–H and O–H groups in total. The zero-order valence-corrected chi connectivity index (χ0v) is 12.2. The normalized spacial score (nSPS) is 11.8. The van der Waals surface area contributed by atoms with Crippen molar-refractivity contribution in [3.05, 3.63) is 51.9 Å². The van der Waals surface area contributed by atoms with E-state index in [4.69, 9.17) is 4.98 Å². The Morgan fingerprint density at radius 2 is 1.81 bits per heavy atom. The lowest BCUT2D eigenvalue weighted by atomic mass is 9.97. The molecule has 0 spiro atoms. The van der Waals surface area contributed by atoms with Gasteiger partial charge in [0.05, 0.1) is 16.4 Å². The van der Waals surface area contributed by atoms with Crippen molar-refractivity contribution in [3.63, 3.8) is 0 Å². The van der Waals surface area contributed by atoms with Gasteiger partial charge in [0.25, 0.3) is 5.56 Å². The molecule has 2 aromatic carbocycles. The lowest BCUT2D eigenvalue weighted by molar-refractivity contribution is 0.718. The molecular formula is C17H15N3O. The fraction of sp³-hybridized carbons (Fsp3) is 0.176. The Morgan fingerprint density at radius 1 is 1.05 bits per heavy atom. The summed E-state index contributed by atoms with van der Waals surface area (Å²) in [5.74, 6) is 0. The molecule has 0 fully saturated rings. The van der Waals surface area contributed by atoms with Gasteiger partial charge in [-0.3, -0.25) is 9.48 Å². The molecule has 0 unspecified atom stereocenters. The second kappa shape index (κ2) is 3.95. The molecule has 0 saturated carbocycles. The van der Waals surface area contributed by atoms with Gasteiger partial charge in [-0.25, -0.2) is 4.98 Å². The van der Waals surface area contributed by atoms with Crippen LogP contribution in [0.4, 0.5) is 0 Å². The maximum Gasteiger partial charge on any atom is 0.272 e. The van der Waals surface area contributed by atoms with E-state index < -0.39 is 0 Å². The van der Waals surface area contributed by atoms with E-state index in [0.717, 1.165) is 43.7 Å². The Morgan fingerprint density at radius 3 is 2.62 bits per heavy atom. The summed E-state index contributed by atoms with van der Waals surface area (Å²) in [6.07, 6.45) is 1.90. The number of H-pyrrole nitrogens is 1. The second-order valence-electron chi connectivity index (χ2n) is 5.53. The van der Waals surface area contributed by atoms with Crippen LogP contribution in [0, 0.1) is 13.8 Å². The van der Waals surface area contributed by atoms with Crippen LogP contribution in [0.15, 0.2) is 35.3 Å². The monoisotopic (exact) mass is 277 g/mol. The van der Waals surface area contributed by atoms with Gasteiger partial charge in [0.1, 0.15) is 0 Å². The summed E-state index contributed by atoms with van der Waals surface area (Å²) in [6.45, 7) is 4.04. The third-order valence-electron chi connectivity index (χ3n) is 4.34. The molecule has 4 nitrogen and oxygen atoms in total. The topological polar surface area (TPSA) is 50.7 Å². The summed E-state index contributed by atoms with van der Waals surface area (Å²) >= 11 is 0. The molecule has 0 atom stereocenters. The second-order valence-corrected chi connectivity index (χ2v) is 5.53. The number of aromatic nitrogens is 3. The van der Waals surface area contributed by atoms with Crippen molar-refractivity contribution < 1.29 is 0 Å². The number of rotatable bonds is 0. The van der Waals surface area contributed by atoms with E-state index in [-0.39, 0.29) is 5.56 Å². The minimum Gasteiger partial charge on any atom is -0.303 e. The van der Waals surface area contributed by atoms with E-state index in [0.29, 0.717) is 0 Å². The maximum absolute atomic E-state index is 12.5. The maximum atomic E-state index is 12.5. The number of para-hydroxylation sites is 1. The molecule has 0 aliphatic carbocycles. The standard InChI is InChI=1S/C17H15N3O/c1-9-12-8-18-20(3)17(21)15(12)10(2)16-14(9)11-6-4-5-7-13(11)19-16/h4-8,18H,1-3H3. The van der Waals surface area contributed by atoms with Crippen LogP contribution in [0.2, 0.25) is 0 Å². The molecule has 0 aliphatic heterocycles. The minimum absolute atomic E-state index is 0.0120. The first-order chi connectivity index (χ1) is 10.1. The Balaban J connectivity index is 2.41. The first kappa shape index (κ1) is 12.1. The molecule has 2 aromatic heterocycles. The Kier molecular flexibility index (Phi) is 2.28. The highest BCUT2D eigenvalue weighted by Gasteiger charge is 2.16. The first-order valence-electron chi connectivity index (χ1n) is 6.95. The number of aromatic amines is 1. The predicted molar refractivity (Wildman–Crippen MR) is 85.8 cm³/mol. The van der Waals surface area contributed by atoms with Crippen LogP contribution in [0.1, 0.15) is 11.1 Å². The number of aryl methyl sites for hydroxylation is 3. The number of hydrogen-bond acceptors (Lipinski definition) is 2. The fourth-order valence-electron chi connectivity index (χ4n) is 3.22. The van der Waals surface area contributed by atoms with E-state index in [1.165, 1.54) is 4.68 Å². The lowest BCUT2D eigenvalue weighted by Crippen LogP contribution is -2.20. The Labute approximate surface area is 121 Å². The van der Waals surface area contributed by atoms with Gasteiger partial charge in [-0.1, -0.05) is 18.2 Å². The van der Waals surface area contributed by atoms with Crippen molar-refractivity contribution in [3.8, 4) is 0 Å². The van der Waals surface area contributed by atoms with Gasteiger partial charge in [-0.05, 0) is 31.0 Å². The van der Waals surface area contributed by atoms with Gasteiger partial charge in [0.2, 0.25) is 0 Å². The number of nitrogens with zero attached hydrogens (tertiary/aromatic N) is 2. The summed E-state index contributed by atoms with van der Waals surface area (Å²) in [6, 6.07) is 8.13. The summed E-state index contributed by atoms with van der Waals surface area (Å²) < 4.78 is 1.50. The number of benzene rings is 2. The van der Waals surface area contributed by atoms with Crippen LogP contribution in [0.5, 0.6) is 0 Å². The van der Waals surface area contributed by atoms with E-state index >= 15 is 0 Å². The highest BCUT2D eigenvalue weighted by Crippen LogP contribution is 2.34. The lowest BCUT2D eigenvalue weighted by Gasteiger charge is -2.09. The molecule has 104 valence electrons. The first-order valence-corrected chi connectivity index (χ1v) is 6.95. The summed E-state index contributed by atoms with van der Waals surface area (Å²) in [5, 5.41) is 7.03. The quantitative estimate of drug-likeness (QED) is 0.536. The van der Waals surface area contributed by atoms with Crippen molar-refractivity contribution in [1.82, 2.24) is 14.8 Å². The van der Waals surface area contributed by atoms with E-state index in [2.05, 4.69) is 18.1 Å². The highest BCUT2D eigenvalue weighted by atomic mass is 16.1. The third kappa shape index (κ3) is 1.44. The van der Waals surface area contributed by atoms with E-state index in [9.17, 15) is 4.79 Å². The molecule has 0 aliphatic rings. The molecule has 4 heteroatoms. The molecule has 21 heavy (non-hydrogen) atoms. The molecule has 0 radical (unpaired) electrons. The minimum atomic E-state index is -0.0120. The van der Waals surface area contributed by atoms with Crippen LogP contribution in [-0.4, -0.2) is 14.8 Å². The highest BCUT2D eigenvalue weighted by molar-refractivity contribution is 6.16. The zero-order chi connectivity index (χ0) is 14.7. The van der Waals surface area contributed by atoms with Crippen LogP contribution in [-0.2, 0) is 7.05 Å². The van der Waals surface area contributed by atoms with Gasteiger partial charge in [-0.15, -0.1) is 0 Å². The predicted octanol–water partition coefficient (Wildman–Crippen LogP) is 3.18. The van der Waals surface area contributed by atoms with Crippen molar-refractivity contribution in [2.24, 2.45) is 7.05 Å². The van der Waals surface area contributed by atoms with Crippen molar-refractivity contribution in [2.45, 2.75) is 13.8 Å². The van der Waals surface area contributed by atoms with Crippen LogP contribution in [0.3, 0.4) is 0 Å². The molecular weight excluding hydrogens is 262 g/mol. The zero-order valence-electron chi connectivity index (χ0n) is 12.2. The van der Waals surface area contributed by atoms with Gasteiger partial charge in [-0.2, -0.15) is 0 Å². The van der Waals surface area contributed by atoms with E-state index in [1.54, 1.807) is 7.05 Å². The van der Waals surface area contributed by atoms with Gasteiger partial charge < -0.3 is 5.10 Å². The third-order valence-corrected chi connectivity index (χ3v) is 4.34. The Hall–Kier alpha value is -2.62. The van der Waals surface area contributed by atoms with Crippen molar-refractivity contribution >= 4 is 32.6 Å². The molecule has 0 saturated heterocycles. The summed E-state index contributed by atoms with van der Waals surface area (Å²) in [7, 11) is 1.73. The fourth-order valence-corrected chi connectivity index (χ4v) is 3.22. The molecule has 2 heterocycles. The van der Waals surface area contributed by atoms with Gasteiger partial charge >= 0.3 is 0 Å². The number of fused-ring (bicyclic) bond motifs is 4. The molecule has 4 rings (SSSR count). The van der Waals surface area contributed by atoms with E-state index in [1.807, 2.05) is 31.3 Å². The molecule has 4 aromatic rings. The number of hydrogen-bond donors (Lipinski definition) is 1. The number of nitrogens with one attached hydrogen (secondary N) is 1. The smallest absolute Gasteiger partial charge is 0.272 e. The van der Waals surface area contributed by atoms with Gasteiger partial charge in [0.15, 0.2) is 0 Å². The summed E-state index contributed by atoms with van der Waals surface area (Å²) in [5.41, 5.74) is 3.96.